The van der Waals surface area contributed by atoms with Crippen LogP contribution in [-0.2, 0) is 6.54 Å². The number of nitrogens with zero attached hydrogens (tertiary/aromatic N) is 2. The van der Waals surface area contributed by atoms with Gasteiger partial charge in [0.05, 0.1) is 7.11 Å². The quantitative estimate of drug-likeness (QED) is 0.742. The molecule has 2 heterocycles. The largest absolute Gasteiger partial charge is 0.481 e. The summed E-state index contributed by atoms with van der Waals surface area (Å²) in [4.78, 5) is 8.53. The monoisotopic (exact) mass is 299 g/mol. The van der Waals surface area contributed by atoms with Crippen molar-refractivity contribution < 1.29 is 4.74 Å². The van der Waals surface area contributed by atoms with Gasteiger partial charge in [0, 0.05) is 23.7 Å². The summed E-state index contributed by atoms with van der Waals surface area (Å²) in [5.41, 5.74) is 0.964. The summed E-state index contributed by atoms with van der Waals surface area (Å²) in [7, 11) is 1.61. The Labute approximate surface area is 127 Å². The molecular weight excluding hydrogens is 286 g/mol. The Balaban J connectivity index is 1.85. The predicted molar refractivity (Wildman–Crippen MR) is 84.9 cm³/mol. The van der Waals surface area contributed by atoms with Crippen molar-refractivity contribution in [2.45, 2.75) is 6.54 Å². The van der Waals surface area contributed by atoms with Crippen LogP contribution in [0.3, 0.4) is 0 Å². The third kappa shape index (κ3) is 2.90. The van der Waals surface area contributed by atoms with E-state index >= 15 is 0 Å². The van der Waals surface area contributed by atoms with Crippen LogP contribution in [0.25, 0.3) is 10.8 Å². The van der Waals surface area contributed by atoms with Crippen molar-refractivity contribution in [2.24, 2.45) is 0 Å². The van der Waals surface area contributed by atoms with Crippen molar-refractivity contribution in [1.82, 2.24) is 9.97 Å². The molecule has 0 atom stereocenters. The SMILES string of the molecule is COc1ncccc1CNc1cc2ccccc2c(Cl)n1. The third-order valence-corrected chi connectivity index (χ3v) is 3.49. The molecule has 0 saturated carbocycles. The maximum Gasteiger partial charge on any atom is 0.218 e. The van der Waals surface area contributed by atoms with E-state index in [2.05, 4.69) is 15.3 Å². The van der Waals surface area contributed by atoms with Crippen LogP contribution in [0.2, 0.25) is 5.15 Å². The van der Waals surface area contributed by atoms with Gasteiger partial charge >= 0.3 is 0 Å². The van der Waals surface area contributed by atoms with Gasteiger partial charge < -0.3 is 10.1 Å². The van der Waals surface area contributed by atoms with E-state index in [1.54, 1.807) is 13.3 Å². The number of ether oxygens (including phenoxy) is 1. The smallest absolute Gasteiger partial charge is 0.218 e. The molecule has 3 rings (SSSR count). The summed E-state index contributed by atoms with van der Waals surface area (Å²) < 4.78 is 5.23. The number of nitrogens with one attached hydrogen (secondary N) is 1. The number of aromatic nitrogens is 2. The summed E-state index contributed by atoms with van der Waals surface area (Å²) >= 11 is 6.21. The third-order valence-electron chi connectivity index (χ3n) is 3.20. The Morgan fingerprint density at radius 3 is 2.90 bits per heavy atom. The highest BCUT2D eigenvalue weighted by Crippen LogP contribution is 2.25. The number of fused-ring (bicyclic) bond motifs is 1. The summed E-state index contributed by atoms with van der Waals surface area (Å²) in [6.07, 6.45) is 1.70. The van der Waals surface area contributed by atoms with Crippen LogP contribution in [0.15, 0.2) is 48.7 Å². The van der Waals surface area contributed by atoms with Crippen LogP contribution >= 0.6 is 11.6 Å². The lowest BCUT2D eigenvalue weighted by atomic mass is 10.2. The molecule has 0 spiro atoms. The molecule has 0 aliphatic heterocycles. The minimum Gasteiger partial charge on any atom is -0.481 e. The molecule has 21 heavy (non-hydrogen) atoms. The highest BCUT2D eigenvalue weighted by molar-refractivity contribution is 6.34. The Kier molecular flexibility index (Phi) is 3.88. The molecule has 1 N–H and O–H groups in total. The number of hydrogen-bond donors (Lipinski definition) is 1. The van der Waals surface area contributed by atoms with Crippen molar-refractivity contribution in [3.05, 3.63) is 59.4 Å². The fourth-order valence-electron chi connectivity index (χ4n) is 2.18. The zero-order valence-corrected chi connectivity index (χ0v) is 12.3. The molecule has 0 fully saturated rings. The number of benzene rings is 1. The Hall–Kier alpha value is -2.33. The standard InChI is InChI=1S/C16H14ClN3O/c1-21-16-12(6-4-8-18-16)10-19-14-9-11-5-2-3-7-13(11)15(17)20-14/h2-9H,10H2,1H3,(H,19,20). The minimum absolute atomic E-state index is 0.494. The second-order valence-corrected chi connectivity index (χ2v) is 4.90. The first-order valence-corrected chi connectivity index (χ1v) is 6.93. The van der Waals surface area contributed by atoms with E-state index in [1.165, 1.54) is 0 Å². The molecular formula is C16H14ClN3O. The fourth-order valence-corrected chi connectivity index (χ4v) is 2.44. The molecule has 5 heteroatoms. The van der Waals surface area contributed by atoms with Gasteiger partial charge in [-0.1, -0.05) is 41.9 Å². The molecule has 0 saturated heterocycles. The summed E-state index contributed by atoms with van der Waals surface area (Å²) in [5, 5.41) is 5.75. The van der Waals surface area contributed by atoms with Crippen LogP contribution in [-0.4, -0.2) is 17.1 Å². The molecule has 0 aliphatic carbocycles. The number of halogens is 1. The first-order valence-electron chi connectivity index (χ1n) is 6.55. The van der Waals surface area contributed by atoms with Crippen LogP contribution in [0.5, 0.6) is 5.88 Å². The van der Waals surface area contributed by atoms with Crippen LogP contribution in [0, 0.1) is 0 Å². The first kappa shape index (κ1) is 13.6. The van der Waals surface area contributed by atoms with Gasteiger partial charge in [-0.2, -0.15) is 0 Å². The first-order chi connectivity index (χ1) is 10.3. The number of hydrogen-bond acceptors (Lipinski definition) is 4. The van der Waals surface area contributed by atoms with E-state index in [9.17, 15) is 0 Å². The fraction of sp³-hybridized carbons (Fsp3) is 0.125. The molecule has 106 valence electrons. The van der Waals surface area contributed by atoms with Gasteiger partial charge in [0.15, 0.2) is 0 Å². The summed E-state index contributed by atoms with van der Waals surface area (Å²) in [5.74, 6) is 1.33. The van der Waals surface area contributed by atoms with E-state index in [1.807, 2.05) is 42.5 Å². The van der Waals surface area contributed by atoms with E-state index in [0.29, 0.717) is 17.6 Å². The van der Waals surface area contributed by atoms with Gasteiger partial charge in [0.1, 0.15) is 11.0 Å². The average molecular weight is 300 g/mol. The van der Waals surface area contributed by atoms with Crippen molar-refractivity contribution in [3.8, 4) is 5.88 Å². The van der Waals surface area contributed by atoms with Crippen LogP contribution in [0.4, 0.5) is 5.82 Å². The molecule has 0 unspecified atom stereocenters. The van der Waals surface area contributed by atoms with Crippen molar-refractivity contribution >= 4 is 28.2 Å². The van der Waals surface area contributed by atoms with Crippen molar-refractivity contribution in [3.63, 3.8) is 0 Å². The summed E-state index contributed by atoms with van der Waals surface area (Å²) in [6, 6.07) is 13.7. The number of anilines is 1. The van der Waals surface area contributed by atoms with E-state index < -0.39 is 0 Å². The molecule has 2 aromatic heterocycles. The lowest BCUT2D eigenvalue weighted by molar-refractivity contribution is 0.393. The molecule has 1 aromatic carbocycles. The summed E-state index contributed by atoms with van der Waals surface area (Å²) in [6.45, 7) is 0.568. The second kappa shape index (κ2) is 5.97. The van der Waals surface area contributed by atoms with Gasteiger partial charge in [-0.25, -0.2) is 9.97 Å². The Morgan fingerprint density at radius 1 is 1.19 bits per heavy atom. The molecule has 0 bridgehead atoms. The highest BCUT2D eigenvalue weighted by atomic mass is 35.5. The van der Waals surface area contributed by atoms with Crippen molar-refractivity contribution in [1.29, 1.82) is 0 Å². The maximum absolute atomic E-state index is 6.21. The van der Waals surface area contributed by atoms with Crippen LogP contribution < -0.4 is 10.1 Å². The van der Waals surface area contributed by atoms with E-state index in [4.69, 9.17) is 16.3 Å². The van der Waals surface area contributed by atoms with Crippen LogP contribution in [0.1, 0.15) is 5.56 Å². The predicted octanol–water partition coefficient (Wildman–Crippen LogP) is 3.90. The molecule has 3 aromatic rings. The van der Waals surface area contributed by atoms with Crippen molar-refractivity contribution in [2.75, 3.05) is 12.4 Å². The normalized spacial score (nSPS) is 10.6. The second-order valence-electron chi connectivity index (χ2n) is 4.54. The maximum atomic E-state index is 6.21. The topological polar surface area (TPSA) is 47.0 Å². The molecule has 4 nitrogen and oxygen atoms in total. The van der Waals surface area contributed by atoms with Gasteiger partial charge in [0.2, 0.25) is 5.88 Å². The number of methoxy groups -OCH3 is 1. The van der Waals surface area contributed by atoms with E-state index in [0.717, 1.165) is 22.2 Å². The zero-order chi connectivity index (χ0) is 14.7. The van der Waals surface area contributed by atoms with Gasteiger partial charge in [-0.05, 0) is 17.5 Å². The van der Waals surface area contributed by atoms with Gasteiger partial charge in [-0.15, -0.1) is 0 Å². The Bertz CT molecular complexity index is 776. The lowest BCUT2D eigenvalue weighted by Gasteiger charge is -2.10. The van der Waals surface area contributed by atoms with Gasteiger partial charge in [0.25, 0.3) is 0 Å². The number of rotatable bonds is 4. The highest BCUT2D eigenvalue weighted by Gasteiger charge is 2.06. The molecule has 0 radical (unpaired) electrons. The molecule has 0 amide bonds. The zero-order valence-electron chi connectivity index (χ0n) is 11.5. The number of pyridine rings is 2. The van der Waals surface area contributed by atoms with E-state index in [-0.39, 0.29) is 0 Å². The Morgan fingerprint density at radius 2 is 2.05 bits per heavy atom. The average Bonchev–Trinajstić information content (AvgIpc) is 2.53. The molecule has 0 aliphatic rings. The lowest BCUT2D eigenvalue weighted by Crippen LogP contribution is -2.04. The van der Waals surface area contributed by atoms with Gasteiger partial charge in [-0.3, -0.25) is 0 Å². The minimum atomic E-state index is 0.494.